The summed E-state index contributed by atoms with van der Waals surface area (Å²) in [5.41, 5.74) is 3.55. The lowest BCUT2D eigenvalue weighted by Crippen LogP contribution is -2.17. The maximum atomic E-state index is 4.40. The van der Waals surface area contributed by atoms with Gasteiger partial charge in [-0.2, -0.15) is 0 Å². The van der Waals surface area contributed by atoms with Crippen molar-refractivity contribution in [1.29, 1.82) is 0 Å². The van der Waals surface area contributed by atoms with Gasteiger partial charge in [-0.05, 0) is 50.1 Å². The van der Waals surface area contributed by atoms with Crippen LogP contribution >= 0.6 is 0 Å². The van der Waals surface area contributed by atoms with Gasteiger partial charge in [-0.3, -0.25) is 4.98 Å². The summed E-state index contributed by atoms with van der Waals surface area (Å²) in [7, 11) is 0. The molecule has 1 aliphatic rings. The maximum absolute atomic E-state index is 4.40. The standard InChI is InChI=1S/C17H21N3/c1-14(17-9-2-3-10-18-17)19-15-7-6-8-16(13-15)20-11-4-5-12-20/h2-3,6-10,13-14,19H,4-5,11-12H2,1H3. The number of anilines is 2. The molecule has 0 bridgehead atoms. The highest BCUT2D eigenvalue weighted by Gasteiger charge is 2.13. The minimum absolute atomic E-state index is 0.213. The van der Waals surface area contributed by atoms with E-state index in [1.165, 1.54) is 31.6 Å². The van der Waals surface area contributed by atoms with Gasteiger partial charge in [0.2, 0.25) is 0 Å². The van der Waals surface area contributed by atoms with Crippen LogP contribution in [0, 0.1) is 0 Å². The molecule has 3 nitrogen and oxygen atoms in total. The summed E-state index contributed by atoms with van der Waals surface area (Å²) in [4.78, 5) is 6.86. The fraction of sp³-hybridized carbons (Fsp3) is 0.353. The van der Waals surface area contributed by atoms with Crippen LogP contribution in [0.1, 0.15) is 31.5 Å². The summed E-state index contributed by atoms with van der Waals surface area (Å²) in [6, 6.07) is 14.9. The number of nitrogens with one attached hydrogen (secondary N) is 1. The normalized spacial score (nSPS) is 16.1. The molecule has 1 unspecified atom stereocenters. The van der Waals surface area contributed by atoms with E-state index >= 15 is 0 Å². The smallest absolute Gasteiger partial charge is 0.0657 e. The molecule has 1 atom stereocenters. The molecule has 2 aromatic rings. The van der Waals surface area contributed by atoms with E-state index in [4.69, 9.17) is 0 Å². The fourth-order valence-electron chi connectivity index (χ4n) is 2.72. The van der Waals surface area contributed by atoms with Crippen molar-refractivity contribution >= 4 is 11.4 Å². The summed E-state index contributed by atoms with van der Waals surface area (Å²) in [6.07, 6.45) is 4.46. The number of aromatic nitrogens is 1. The third-order valence-corrected chi connectivity index (χ3v) is 3.83. The quantitative estimate of drug-likeness (QED) is 0.912. The van der Waals surface area contributed by atoms with Crippen LogP contribution in [-0.2, 0) is 0 Å². The largest absolute Gasteiger partial charge is 0.377 e. The van der Waals surface area contributed by atoms with Crippen LogP contribution in [0.5, 0.6) is 0 Å². The zero-order valence-electron chi connectivity index (χ0n) is 11.9. The average Bonchev–Trinajstić information content (AvgIpc) is 3.03. The Bertz CT molecular complexity index is 547. The van der Waals surface area contributed by atoms with Crippen LogP contribution in [0.25, 0.3) is 0 Å². The molecule has 0 amide bonds. The van der Waals surface area contributed by atoms with Crippen molar-refractivity contribution in [3.63, 3.8) is 0 Å². The molecule has 1 aromatic heterocycles. The molecule has 3 rings (SSSR count). The summed E-state index contributed by atoms with van der Waals surface area (Å²) in [5, 5.41) is 3.53. The van der Waals surface area contributed by atoms with Crippen LogP contribution < -0.4 is 10.2 Å². The third-order valence-electron chi connectivity index (χ3n) is 3.83. The summed E-state index contributed by atoms with van der Waals surface area (Å²) < 4.78 is 0. The monoisotopic (exact) mass is 267 g/mol. The fourth-order valence-corrected chi connectivity index (χ4v) is 2.72. The lowest BCUT2D eigenvalue weighted by atomic mass is 10.2. The van der Waals surface area contributed by atoms with Crippen LogP contribution in [0.4, 0.5) is 11.4 Å². The van der Waals surface area contributed by atoms with Gasteiger partial charge in [-0.1, -0.05) is 12.1 Å². The molecule has 1 saturated heterocycles. The number of hydrogen-bond acceptors (Lipinski definition) is 3. The van der Waals surface area contributed by atoms with Gasteiger partial charge in [0.05, 0.1) is 11.7 Å². The van der Waals surface area contributed by atoms with Crippen LogP contribution in [-0.4, -0.2) is 18.1 Å². The number of pyridine rings is 1. The molecule has 0 spiro atoms. The van der Waals surface area contributed by atoms with Gasteiger partial charge in [0.25, 0.3) is 0 Å². The SMILES string of the molecule is CC(Nc1cccc(N2CCCC2)c1)c1ccccn1. The number of benzene rings is 1. The van der Waals surface area contributed by atoms with Crippen molar-refractivity contribution in [2.45, 2.75) is 25.8 Å². The third kappa shape index (κ3) is 2.93. The molecule has 104 valence electrons. The molecule has 2 heterocycles. The van der Waals surface area contributed by atoms with E-state index < -0.39 is 0 Å². The Morgan fingerprint density at radius 3 is 2.70 bits per heavy atom. The van der Waals surface area contributed by atoms with Crippen molar-refractivity contribution in [1.82, 2.24) is 4.98 Å². The highest BCUT2D eigenvalue weighted by molar-refractivity contribution is 5.59. The Morgan fingerprint density at radius 1 is 1.10 bits per heavy atom. The summed E-state index contributed by atoms with van der Waals surface area (Å²) >= 11 is 0. The van der Waals surface area contributed by atoms with Gasteiger partial charge in [-0.15, -0.1) is 0 Å². The number of hydrogen-bond donors (Lipinski definition) is 1. The lowest BCUT2D eigenvalue weighted by Gasteiger charge is -2.20. The molecule has 1 aliphatic heterocycles. The summed E-state index contributed by atoms with van der Waals surface area (Å²) in [6.45, 7) is 4.50. The van der Waals surface area contributed by atoms with Gasteiger partial charge in [0.15, 0.2) is 0 Å². The highest BCUT2D eigenvalue weighted by atomic mass is 15.1. The number of nitrogens with zero attached hydrogens (tertiary/aromatic N) is 2. The predicted molar refractivity (Wildman–Crippen MR) is 84.2 cm³/mol. The Labute approximate surface area is 120 Å². The topological polar surface area (TPSA) is 28.2 Å². The molecule has 1 N–H and O–H groups in total. The van der Waals surface area contributed by atoms with Crippen molar-refractivity contribution in [2.75, 3.05) is 23.3 Å². The molecule has 0 aliphatic carbocycles. The van der Waals surface area contributed by atoms with Crippen LogP contribution in [0.3, 0.4) is 0 Å². The average molecular weight is 267 g/mol. The second-order valence-electron chi connectivity index (χ2n) is 5.37. The first-order chi connectivity index (χ1) is 9.83. The molecule has 1 aromatic carbocycles. The van der Waals surface area contributed by atoms with E-state index in [-0.39, 0.29) is 6.04 Å². The second-order valence-corrected chi connectivity index (χ2v) is 5.37. The van der Waals surface area contributed by atoms with Gasteiger partial charge in [-0.25, -0.2) is 0 Å². The van der Waals surface area contributed by atoms with Gasteiger partial charge in [0, 0.05) is 30.7 Å². The molecule has 0 radical (unpaired) electrons. The van der Waals surface area contributed by atoms with Gasteiger partial charge >= 0.3 is 0 Å². The van der Waals surface area contributed by atoms with Gasteiger partial charge in [0.1, 0.15) is 0 Å². The maximum Gasteiger partial charge on any atom is 0.0657 e. The van der Waals surface area contributed by atoms with Gasteiger partial charge < -0.3 is 10.2 Å². The van der Waals surface area contributed by atoms with Crippen LogP contribution in [0.15, 0.2) is 48.7 Å². The Morgan fingerprint density at radius 2 is 1.95 bits per heavy atom. The minimum Gasteiger partial charge on any atom is -0.377 e. The van der Waals surface area contributed by atoms with Crippen LogP contribution in [0.2, 0.25) is 0 Å². The van der Waals surface area contributed by atoms with E-state index in [2.05, 4.69) is 52.5 Å². The van der Waals surface area contributed by atoms with Crippen molar-refractivity contribution in [2.24, 2.45) is 0 Å². The zero-order valence-corrected chi connectivity index (χ0v) is 11.9. The van der Waals surface area contributed by atoms with E-state index in [9.17, 15) is 0 Å². The second kappa shape index (κ2) is 5.95. The first-order valence-corrected chi connectivity index (χ1v) is 7.35. The molecule has 0 saturated carbocycles. The predicted octanol–water partition coefficient (Wildman–Crippen LogP) is 3.85. The van der Waals surface area contributed by atoms with E-state index in [1.54, 1.807) is 0 Å². The first-order valence-electron chi connectivity index (χ1n) is 7.35. The minimum atomic E-state index is 0.213. The molecular formula is C17H21N3. The van der Waals surface area contributed by atoms with Crippen molar-refractivity contribution in [3.8, 4) is 0 Å². The molecule has 1 fully saturated rings. The molecular weight excluding hydrogens is 246 g/mol. The molecule has 3 heteroatoms. The zero-order chi connectivity index (χ0) is 13.8. The highest BCUT2D eigenvalue weighted by Crippen LogP contribution is 2.25. The lowest BCUT2D eigenvalue weighted by molar-refractivity contribution is 0.839. The van der Waals surface area contributed by atoms with E-state index in [0.717, 1.165) is 11.4 Å². The van der Waals surface area contributed by atoms with Crippen molar-refractivity contribution in [3.05, 3.63) is 54.4 Å². The Balaban J connectivity index is 1.72. The van der Waals surface area contributed by atoms with E-state index in [1.807, 2.05) is 18.3 Å². The first kappa shape index (κ1) is 13.0. The number of rotatable bonds is 4. The molecule has 20 heavy (non-hydrogen) atoms. The summed E-state index contributed by atoms with van der Waals surface area (Å²) in [5.74, 6) is 0. The van der Waals surface area contributed by atoms with E-state index in [0.29, 0.717) is 0 Å². The van der Waals surface area contributed by atoms with Crippen molar-refractivity contribution < 1.29 is 0 Å². The Kier molecular flexibility index (Phi) is 3.86. The Hall–Kier alpha value is -2.03.